The van der Waals surface area contributed by atoms with E-state index in [1.165, 1.54) is 11.3 Å². The molecule has 1 aromatic heterocycles. The van der Waals surface area contributed by atoms with Crippen LogP contribution in [0, 0.1) is 6.92 Å². The van der Waals surface area contributed by atoms with Gasteiger partial charge in [-0.3, -0.25) is 5.73 Å². The Balaban J connectivity index is 0. The van der Waals surface area contributed by atoms with Crippen molar-refractivity contribution in [2.45, 2.75) is 13.8 Å². The van der Waals surface area contributed by atoms with E-state index in [0.29, 0.717) is 16.6 Å². The van der Waals surface area contributed by atoms with Gasteiger partial charge in [-0.15, -0.1) is 0 Å². The Morgan fingerprint density at radius 3 is 2.57 bits per heavy atom. The van der Waals surface area contributed by atoms with Crippen LogP contribution in [0.15, 0.2) is 0 Å². The Morgan fingerprint density at radius 2 is 2.21 bits per heavy atom. The van der Waals surface area contributed by atoms with Crippen LogP contribution < -0.4 is 23.1 Å². The Morgan fingerprint density at radius 1 is 1.64 bits per heavy atom. The van der Waals surface area contributed by atoms with Crippen LogP contribution in [0.5, 0.6) is 0 Å². The summed E-state index contributed by atoms with van der Waals surface area (Å²) in [7, 11) is 0. The number of esters is 1. The highest BCUT2D eigenvalue weighted by atomic mass is 35.5. The van der Waals surface area contributed by atoms with Gasteiger partial charge in [0, 0.05) is 0 Å². The number of nitrogen functional groups attached to an aromatic ring is 1. The summed E-state index contributed by atoms with van der Waals surface area (Å²) >= 11 is 1.21. The second kappa shape index (κ2) is 6.58. The van der Waals surface area contributed by atoms with Gasteiger partial charge in [0.15, 0.2) is 4.88 Å². The monoisotopic (exact) mass is 240 g/mol. The maximum Gasteiger partial charge on any atom is 0.352 e. The number of anilines is 1. The fourth-order valence-electron chi connectivity index (χ4n) is 0.845. The van der Waals surface area contributed by atoms with E-state index in [1.54, 1.807) is 13.8 Å². The molecule has 7 heteroatoms. The number of hydrogen-bond acceptors (Lipinski definition) is 4. The van der Waals surface area contributed by atoms with Gasteiger partial charge in [0.05, 0.1) is 6.61 Å². The molecule has 0 radical (unpaired) electrons. The molecule has 0 aromatic carbocycles. The van der Waals surface area contributed by atoms with Crippen LogP contribution in [0.3, 0.4) is 0 Å². The van der Waals surface area contributed by atoms with Gasteiger partial charge in [-0.2, -0.15) is 0 Å². The number of aromatic amines is 1. The number of hydrogen-bond donors (Lipinski definition) is 1. The van der Waals surface area contributed by atoms with E-state index in [0.717, 1.165) is 5.69 Å². The van der Waals surface area contributed by atoms with Crippen molar-refractivity contribution in [2.24, 2.45) is 0 Å². The van der Waals surface area contributed by atoms with E-state index in [1.807, 2.05) is 0 Å². The van der Waals surface area contributed by atoms with Crippen molar-refractivity contribution < 1.29 is 32.4 Å². The average molecular weight is 241 g/mol. The molecule has 82 valence electrons. The minimum Gasteiger partial charge on any atom is -1.00 e. The largest absolute Gasteiger partial charge is 1.00 e. The fraction of sp³-hybridized carbons (Fsp3) is 0.429. The highest BCUT2D eigenvalue weighted by Gasteiger charge is 2.17. The average Bonchev–Trinajstić information content (AvgIpc) is 2.30. The van der Waals surface area contributed by atoms with Crippen molar-refractivity contribution in [3.05, 3.63) is 10.6 Å². The molecule has 0 saturated heterocycles. The summed E-state index contributed by atoms with van der Waals surface area (Å²) in [5.41, 5.74) is 6.23. The number of nitrogens with one attached hydrogen (secondary N) is 1. The smallest absolute Gasteiger partial charge is 0.352 e. The maximum absolute atomic E-state index is 11.2. The lowest BCUT2D eigenvalue weighted by Gasteiger charge is -1.96. The number of carbonyl (C=O) groups excluding carboxylic acids is 1. The Kier molecular flexibility index (Phi) is 7.34. The number of carbonyl (C=O) groups is 1. The van der Waals surface area contributed by atoms with Crippen LogP contribution >= 0.6 is 11.3 Å². The first-order valence-electron chi connectivity index (χ1n) is 3.60. The number of aromatic nitrogens is 1. The van der Waals surface area contributed by atoms with E-state index >= 15 is 0 Å². The summed E-state index contributed by atoms with van der Waals surface area (Å²) in [6.07, 6.45) is 0. The molecular formula is C7H13ClN2O3S. The van der Waals surface area contributed by atoms with Crippen molar-refractivity contribution in [2.75, 3.05) is 12.3 Å². The molecule has 0 bridgehead atoms. The number of rotatable bonds is 2. The number of halogens is 1. The summed E-state index contributed by atoms with van der Waals surface area (Å²) in [4.78, 5) is 14.6. The number of aryl methyl sites for hydroxylation is 1. The topological polar surface area (TPSA) is 98.0 Å². The lowest BCUT2D eigenvalue weighted by atomic mass is 10.4. The first kappa shape index (κ1) is 15.6. The molecule has 0 fully saturated rings. The third-order valence-electron chi connectivity index (χ3n) is 1.32. The molecule has 0 spiro atoms. The summed E-state index contributed by atoms with van der Waals surface area (Å²) in [5.74, 6) is -0.312. The Labute approximate surface area is 92.0 Å². The van der Waals surface area contributed by atoms with Gasteiger partial charge in [0.1, 0.15) is 5.69 Å². The molecule has 0 unspecified atom stereocenters. The lowest BCUT2D eigenvalue weighted by Crippen LogP contribution is -3.00. The van der Waals surface area contributed by atoms with Gasteiger partial charge in [-0.25, -0.2) is 9.78 Å². The van der Waals surface area contributed by atoms with E-state index < -0.39 is 0 Å². The zero-order valence-corrected chi connectivity index (χ0v) is 9.46. The zero-order chi connectivity index (χ0) is 9.14. The molecule has 0 amide bonds. The molecule has 0 aliphatic carbocycles. The van der Waals surface area contributed by atoms with Crippen LogP contribution in [-0.2, 0) is 4.74 Å². The van der Waals surface area contributed by atoms with E-state index in [9.17, 15) is 4.79 Å². The van der Waals surface area contributed by atoms with Crippen molar-refractivity contribution in [3.63, 3.8) is 0 Å². The van der Waals surface area contributed by atoms with Crippen LogP contribution in [0.2, 0.25) is 0 Å². The van der Waals surface area contributed by atoms with E-state index in [4.69, 9.17) is 10.5 Å². The van der Waals surface area contributed by atoms with Crippen molar-refractivity contribution in [3.8, 4) is 0 Å². The third-order valence-corrected chi connectivity index (χ3v) is 2.32. The second-order valence-electron chi connectivity index (χ2n) is 2.27. The number of nitrogens with two attached hydrogens (primary N) is 1. The molecule has 14 heavy (non-hydrogen) atoms. The molecule has 1 rings (SSSR count). The second-order valence-corrected chi connectivity index (χ2v) is 3.32. The van der Waals surface area contributed by atoms with Gasteiger partial charge in [-0.05, 0) is 25.2 Å². The third kappa shape index (κ3) is 3.49. The summed E-state index contributed by atoms with van der Waals surface area (Å²) in [6, 6.07) is 0. The number of thiazole rings is 1. The highest BCUT2D eigenvalue weighted by molar-refractivity contribution is 7.16. The molecule has 0 aliphatic rings. The van der Waals surface area contributed by atoms with Crippen LogP contribution in [0.25, 0.3) is 0 Å². The summed E-state index contributed by atoms with van der Waals surface area (Å²) in [6.45, 7) is 3.95. The lowest BCUT2D eigenvalue weighted by molar-refractivity contribution is -0.363. The molecule has 1 aromatic rings. The quantitative estimate of drug-likeness (QED) is 0.552. The first-order valence-corrected chi connectivity index (χ1v) is 4.42. The minimum absolute atomic E-state index is 0. The first-order chi connectivity index (χ1) is 5.65. The van der Waals surface area contributed by atoms with Crippen LogP contribution in [0.1, 0.15) is 22.3 Å². The van der Waals surface area contributed by atoms with Crippen LogP contribution in [-0.4, -0.2) is 18.1 Å². The van der Waals surface area contributed by atoms with Crippen LogP contribution in [0.4, 0.5) is 5.13 Å². The van der Waals surface area contributed by atoms with E-state index in [-0.39, 0.29) is 23.9 Å². The molecule has 5 N–H and O–H groups in total. The highest BCUT2D eigenvalue weighted by Crippen LogP contribution is 2.16. The van der Waals surface area contributed by atoms with Gasteiger partial charge in [0.2, 0.25) is 0 Å². The number of H-pyrrole nitrogens is 1. The maximum atomic E-state index is 11.2. The zero-order valence-electron chi connectivity index (χ0n) is 7.89. The Hall–Kier alpha value is -0.850. The molecule has 1 heterocycles. The summed E-state index contributed by atoms with van der Waals surface area (Å²) < 4.78 is 4.82. The fourth-order valence-corrected chi connectivity index (χ4v) is 1.62. The van der Waals surface area contributed by atoms with Gasteiger partial charge in [-0.1, -0.05) is 0 Å². The van der Waals surface area contributed by atoms with Gasteiger partial charge in [0.25, 0.3) is 0 Å². The van der Waals surface area contributed by atoms with Gasteiger partial charge >= 0.3 is 11.1 Å². The predicted octanol–water partition coefficient (Wildman–Crippen LogP) is -3.19. The van der Waals surface area contributed by atoms with Crippen molar-refractivity contribution in [1.82, 2.24) is 0 Å². The SMILES string of the molecule is CCOC(=O)c1sc(N)[nH+]c1C.O.[Cl-]. The van der Waals surface area contributed by atoms with Gasteiger partial charge < -0.3 is 22.6 Å². The standard InChI is InChI=1S/C7H10N2O2S.ClH.H2O/c1-3-11-6(10)5-4(2)9-7(8)12-5;;/h3H2,1-2H3,(H2,8,9);1H;1H2. The molecule has 0 atom stereocenters. The summed E-state index contributed by atoms with van der Waals surface area (Å²) in [5, 5.41) is 0.524. The normalized spacial score (nSPS) is 8.43. The minimum atomic E-state index is -0.312. The molecule has 5 nitrogen and oxygen atoms in total. The predicted molar refractivity (Wildman–Crippen MR) is 49.6 cm³/mol. The van der Waals surface area contributed by atoms with Crippen molar-refractivity contribution in [1.29, 1.82) is 0 Å². The molecular weight excluding hydrogens is 228 g/mol. The molecule has 0 aliphatic heterocycles. The van der Waals surface area contributed by atoms with E-state index in [2.05, 4.69) is 4.98 Å². The molecule has 0 saturated carbocycles. The number of ether oxygens (including phenoxy) is 1. The van der Waals surface area contributed by atoms with Crippen molar-refractivity contribution >= 4 is 22.4 Å². The Bertz CT molecular complexity index is 303.